The highest BCUT2D eigenvalue weighted by atomic mass is 32.2. The average molecular weight is 245 g/mol. The van der Waals surface area contributed by atoms with Gasteiger partial charge in [-0.05, 0) is 20.1 Å². The Labute approximate surface area is 100 Å². The molecule has 0 saturated heterocycles. The van der Waals surface area contributed by atoms with Crippen LogP contribution in [0.3, 0.4) is 0 Å². The smallest absolute Gasteiger partial charge is 0.227 e. The fourth-order valence-electron chi connectivity index (χ4n) is 1.16. The van der Waals surface area contributed by atoms with Crippen molar-refractivity contribution in [3.8, 4) is 0 Å². The Balaban J connectivity index is 2.61. The molecule has 0 fully saturated rings. The zero-order valence-electron chi connectivity index (χ0n) is 10.0. The number of rotatable bonds is 7. The summed E-state index contributed by atoms with van der Waals surface area (Å²) in [5.74, 6) is 2.11. The largest absolute Gasteiger partial charge is 0.379 e. The molecule has 0 radical (unpaired) electrons. The maximum Gasteiger partial charge on any atom is 0.227 e. The Morgan fingerprint density at radius 1 is 1.56 bits per heavy atom. The number of nitrogens with two attached hydrogens (primary N) is 1. The summed E-state index contributed by atoms with van der Waals surface area (Å²) in [6.07, 6.45) is 2.82. The molecule has 1 aromatic heterocycles. The minimum atomic E-state index is -0.683. The fraction of sp³-hybridized carbons (Fsp3) is 0.800. The molecule has 92 valence electrons. The van der Waals surface area contributed by atoms with E-state index in [1.807, 2.05) is 20.1 Å². The predicted octanol–water partition coefficient (Wildman–Crippen LogP) is 1.19. The van der Waals surface area contributed by atoms with Gasteiger partial charge in [-0.2, -0.15) is 16.7 Å². The molecule has 0 bridgehead atoms. The highest BCUT2D eigenvalue weighted by molar-refractivity contribution is 7.98. The maximum atomic E-state index is 6.05. The van der Waals surface area contributed by atoms with Crippen LogP contribution in [0.25, 0.3) is 0 Å². The van der Waals surface area contributed by atoms with Crippen molar-refractivity contribution < 1.29 is 9.26 Å². The van der Waals surface area contributed by atoms with Crippen molar-refractivity contribution in [2.75, 3.05) is 25.2 Å². The molecular weight excluding hydrogens is 226 g/mol. The van der Waals surface area contributed by atoms with Crippen molar-refractivity contribution in [1.82, 2.24) is 10.1 Å². The lowest BCUT2D eigenvalue weighted by atomic mass is 10.1. The standard InChI is InChI=1S/C10H19N3O2S/c1-4-14-7-10(2,11)9-12-8(15-13-9)5-6-16-3/h4-7,11H2,1-3H3. The van der Waals surface area contributed by atoms with Crippen LogP contribution < -0.4 is 5.73 Å². The molecule has 2 N–H and O–H groups in total. The van der Waals surface area contributed by atoms with Crippen LogP contribution in [0.4, 0.5) is 0 Å². The van der Waals surface area contributed by atoms with E-state index in [1.54, 1.807) is 11.8 Å². The van der Waals surface area contributed by atoms with Crippen molar-refractivity contribution in [1.29, 1.82) is 0 Å². The first-order valence-corrected chi connectivity index (χ1v) is 6.68. The molecule has 0 aliphatic rings. The monoisotopic (exact) mass is 245 g/mol. The number of nitrogens with zero attached hydrogens (tertiary/aromatic N) is 2. The lowest BCUT2D eigenvalue weighted by molar-refractivity contribution is 0.0962. The number of thioether (sulfide) groups is 1. The molecule has 1 unspecified atom stereocenters. The topological polar surface area (TPSA) is 74.2 Å². The van der Waals surface area contributed by atoms with Gasteiger partial charge in [-0.25, -0.2) is 0 Å². The van der Waals surface area contributed by atoms with Gasteiger partial charge in [0.25, 0.3) is 0 Å². The zero-order valence-corrected chi connectivity index (χ0v) is 10.8. The molecule has 1 aromatic rings. The van der Waals surface area contributed by atoms with E-state index in [0.717, 1.165) is 12.2 Å². The van der Waals surface area contributed by atoms with E-state index in [2.05, 4.69) is 10.1 Å². The molecule has 0 saturated carbocycles. The zero-order chi connectivity index (χ0) is 12.0. The van der Waals surface area contributed by atoms with Gasteiger partial charge in [0.1, 0.15) is 5.54 Å². The van der Waals surface area contributed by atoms with Crippen molar-refractivity contribution in [2.45, 2.75) is 25.8 Å². The van der Waals surface area contributed by atoms with Gasteiger partial charge >= 0.3 is 0 Å². The maximum absolute atomic E-state index is 6.05. The third-order valence-corrected chi connectivity index (χ3v) is 2.72. The van der Waals surface area contributed by atoms with E-state index in [1.165, 1.54) is 0 Å². The van der Waals surface area contributed by atoms with Crippen LogP contribution in [0.2, 0.25) is 0 Å². The van der Waals surface area contributed by atoms with Crippen LogP contribution in [0.15, 0.2) is 4.52 Å². The minimum absolute atomic E-state index is 0.394. The molecule has 5 nitrogen and oxygen atoms in total. The number of hydrogen-bond donors (Lipinski definition) is 1. The van der Waals surface area contributed by atoms with Crippen LogP contribution in [0, 0.1) is 0 Å². The molecule has 1 atom stereocenters. The van der Waals surface area contributed by atoms with E-state index in [9.17, 15) is 0 Å². The highest BCUT2D eigenvalue weighted by Gasteiger charge is 2.27. The number of aryl methyl sites for hydroxylation is 1. The second-order valence-corrected chi connectivity index (χ2v) is 4.79. The molecule has 0 aliphatic heterocycles. The quantitative estimate of drug-likeness (QED) is 0.777. The van der Waals surface area contributed by atoms with Gasteiger partial charge in [0.05, 0.1) is 6.61 Å². The van der Waals surface area contributed by atoms with E-state index in [-0.39, 0.29) is 0 Å². The Kier molecular flexibility index (Phi) is 5.24. The summed E-state index contributed by atoms with van der Waals surface area (Å²) in [5, 5.41) is 3.89. The van der Waals surface area contributed by atoms with Crippen molar-refractivity contribution >= 4 is 11.8 Å². The summed E-state index contributed by atoms with van der Waals surface area (Å²) in [7, 11) is 0. The number of ether oxygens (including phenoxy) is 1. The van der Waals surface area contributed by atoms with E-state index in [0.29, 0.717) is 24.9 Å². The van der Waals surface area contributed by atoms with Gasteiger partial charge in [-0.1, -0.05) is 5.16 Å². The molecular formula is C10H19N3O2S. The predicted molar refractivity (Wildman–Crippen MR) is 64.4 cm³/mol. The van der Waals surface area contributed by atoms with E-state index < -0.39 is 5.54 Å². The molecule has 1 heterocycles. The van der Waals surface area contributed by atoms with Gasteiger partial charge < -0.3 is 15.0 Å². The van der Waals surface area contributed by atoms with Gasteiger partial charge in [0.2, 0.25) is 5.89 Å². The van der Waals surface area contributed by atoms with Crippen LogP contribution in [0.1, 0.15) is 25.6 Å². The SMILES string of the molecule is CCOCC(C)(N)c1noc(CCSC)n1. The van der Waals surface area contributed by atoms with Crippen LogP contribution in [0.5, 0.6) is 0 Å². The third kappa shape index (κ3) is 3.77. The number of aromatic nitrogens is 2. The van der Waals surface area contributed by atoms with Gasteiger partial charge in [0, 0.05) is 18.8 Å². The molecule has 0 aliphatic carbocycles. The Morgan fingerprint density at radius 3 is 2.94 bits per heavy atom. The van der Waals surface area contributed by atoms with Crippen molar-refractivity contribution in [3.63, 3.8) is 0 Å². The molecule has 0 aromatic carbocycles. The first-order chi connectivity index (χ1) is 7.60. The summed E-state index contributed by atoms with van der Waals surface area (Å²) < 4.78 is 10.4. The van der Waals surface area contributed by atoms with Crippen molar-refractivity contribution in [2.24, 2.45) is 5.73 Å². The first kappa shape index (κ1) is 13.5. The third-order valence-electron chi connectivity index (χ3n) is 2.10. The second-order valence-electron chi connectivity index (χ2n) is 3.81. The van der Waals surface area contributed by atoms with Crippen LogP contribution >= 0.6 is 11.8 Å². The fourth-order valence-corrected chi connectivity index (χ4v) is 1.54. The normalized spacial score (nSPS) is 15.0. The number of hydrogen-bond acceptors (Lipinski definition) is 6. The Bertz CT molecular complexity index is 315. The molecule has 6 heteroatoms. The summed E-state index contributed by atoms with van der Waals surface area (Å²) in [6.45, 7) is 4.79. The average Bonchev–Trinajstić information content (AvgIpc) is 2.73. The summed E-state index contributed by atoms with van der Waals surface area (Å²) in [5.41, 5.74) is 5.37. The van der Waals surface area contributed by atoms with Gasteiger partial charge in [-0.15, -0.1) is 0 Å². The van der Waals surface area contributed by atoms with Gasteiger partial charge in [0.15, 0.2) is 5.82 Å². The highest BCUT2D eigenvalue weighted by Crippen LogP contribution is 2.15. The minimum Gasteiger partial charge on any atom is -0.379 e. The van der Waals surface area contributed by atoms with Crippen LogP contribution in [-0.4, -0.2) is 35.4 Å². The molecule has 16 heavy (non-hydrogen) atoms. The van der Waals surface area contributed by atoms with Crippen molar-refractivity contribution in [3.05, 3.63) is 11.7 Å². The second kappa shape index (κ2) is 6.22. The van der Waals surface area contributed by atoms with Crippen LogP contribution in [-0.2, 0) is 16.7 Å². The van der Waals surface area contributed by atoms with E-state index >= 15 is 0 Å². The molecule has 0 amide bonds. The molecule has 0 spiro atoms. The Hall–Kier alpha value is -0.590. The molecule has 1 rings (SSSR count). The summed E-state index contributed by atoms with van der Waals surface area (Å²) in [6, 6.07) is 0. The lowest BCUT2D eigenvalue weighted by Gasteiger charge is -2.19. The van der Waals surface area contributed by atoms with E-state index in [4.69, 9.17) is 15.0 Å². The summed E-state index contributed by atoms with van der Waals surface area (Å²) >= 11 is 1.74. The Morgan fingerprint density at radius 2 is 2.31 bits per heavy atom. The first-order valence-electron chi connectivity index (χ1n) is 5.28. The summed E-state index contributed by atoms with van der Waals surface area (Å²) in [4.78, 5) is 4.28. The lowest BCUT2D eigenvalue weighted by Crippen LogP contribution is -2.39. The van der Waals surface area contributed by atoms with Gasteiger partial charge in [-0.3, -0.25) is 0 Å².